The van der Waals surface area contributed by atoms with Crippen molar-refractivity contribution in [1.29, 1.82) is 0 Å². The van der Waals surface area contributed by atoms with Crippen molar-refractivity contribution in [3.05, 3.63) is 23.3 Å². The highest BCUT2D eigenvalue weighted by Gasteiger charge is 2.45. The van der Waals surface area contributed by atoms with Crippen LogP contribution < -0.4 is 15.2 Å². The average Bonchev–Trinajstić information content (AvgIpc) is 3.37. The van der Waals surface area contributed by atoms with Crippen LogP contribution in [0.3, 0.4) is 0 Å². The molecule has 1 heterocycles. The summed E-state index contributed by atoms with van der Waals surface area (Å²) in [7, 11) is 3.39. The summed E-state index contributed by atoms with van der Waals surface area (Å²) in [6.45, 7) is 5.10. The van der Waals surface area contributed by atoms with Gasteiger partial charge in [0.05, 0.1) is 14.2 Å². The molecule has 0 amide bonds. The maximum absolute atomic E-state index is 6.11. The van der Waals surface area contributed by atoms with Gasteiger partial charge >= 0.3 is 0 Å². The molecule has 1 aromatic carbocycles. The molecule has 0 aromatic heterocycles. The van der Waals surface area contributed by atoms with E-state index < -0.39 is 0 Å². The van der Waals surface area contributed by atoms with Crippen molar-refractivity contribution in [3.63, 3.8) is 0 Å². The first kappa shape index (κ1) is 14.7. The Kier molecular flexibility index (Phi) is 3.84. The van der Waals surface area contributed by atoms with Crippen LogP contribution in [-0.4, -0.2) is 37.7 Å². The third-order valence-electron chi connectivity index (χ3n) is 5.31. The summed E-state index contributed by atoms with van der Waals surface area (Å²) < 4.78 is 10.8. The van der Waals surface area contributed by atoms with E-state index in [1.54, 1.807) is 14.2 Å². The number of nitrogens with zero attached hydrogens (tertiary/aromatic N) is 1. The van der Waals surface area contributed by atoms with Crippen molar-refractivity contribution in [3.8, 4) is 11.5 Å². The smallest absolute Gasteiger partial charge is 0.161 e. The number of benzene rings is 1. The third kappa shape index (κ3) is 2.51. The summed E-state index contributed by atoms with van der Waals surface area (Å²) in [5.74, 6) is 2.41. The summed E-state index contributed by atoms with van der Waals surface area (Å²) >= 11 is 0. The van der Waals surface area contributed by atoms with Gasteiger partial charge in [0.25, 0.3) is 0 Å². The number of hydrogen-bond donors (Lipinski definition) is 1. The molecule has 1 fully saturated rings. The molecule has 2 N–H and O–H groups in total. The van der Waals surface area contributed by atoms with Crippen LogP contribution in [0.2, 0.25) is 0 Å². The predicted octanol–water partition coefficient (Wildman–Crippen LogP) is 2.19. The van der Waals surface area contributed by atoms with Crippen LogP contribution in [0.25, 0.3) is 0 Å². The van der Waals surface area contributed by atoms with Gasteiger partial charge in [-0.15, -0.1) is 0 Å². The number of rotatable bonds is 5. The summed E-state index contributed by atoms with van der Waals surface area (Å²) in [6, 6.07) is 4.26. The van der Waals surface area contributed by atoms with E-state index in [0.29, 0.717) is 0 Å². The van der Waals surface area contributed by atoms with Crippen LogP contribution in [0.4, 0.5) is 0 Å². The number of methoxy groups -OCH3 is 2. The zero-order valence-electron chi connectivity index (χ0n) is 13.3. The monoisotopic (exact) mass is 290 g/mol. The highest BCUT2D eigenvalue weighted by molar-refractivity contribution is 5.48. The molecule has 1 aliphatic carbocycles. The van der Waals surface area contributed by atoms with E-state index in [1.165, 1.54) is 24.0 Å². The lowest BCUT2D eigenvalue weighted by atomic mass is 9.89. The second kappa shape index (κ2) is 5.50. The van der Waals surface area contributed by atoms with Crippen molar-refractivity contribution < 1.29 is 9.47 Å². The van der Waals surface area contributed by atoms with Crippen LogP contribution in [0, 0.1) is 5.92 Å². The second-order valence-corrected chi connectivity index (χ2v) is 6.48. The van der Waals surface area contributed by atoms with E-state index in [2.05, 4.69) is 24.0 Å². The Hall–Kier alpha value is -1.26. The van der Waals surface area contributed by atoms with E-state index in [9.17, 15) is 0 Å². The lowest BCUT2D eigenvalue weighted by molar-refractivity contribution is 0.0748. The third-order valence-corrected chi connectivity index (χ3v) is 5.31. The molecule has 1 aromatic rings. The Labute approximate surface area is 127 Å². The van der Waals surface area contributed by atoms with Gasteiger partial charge in [0.15, 0.2) is 11.5 Å². The lowest BCUT2D eigenvalue weighted by Gasteiger charge is -2.44. The Bertz CT molecular complexity index is 528. The first-order valence-corrected chi connectivity index (χ1v) is 7.81. The first-order chi connectivity index (χ1) is 10.1. The minimum absolute atomic E-state index is 0.144. The molecule has 116 valence electrons. The first-order valence-electron chi connectivity index (χ1n) is 7.81. The van der Waals surface area contributed by atoms with Gasteiger partial charge in [-0.3, -0.25) is 4.90 Å². The Balaban J connectivity index is 1.88. The van der Waals surface area contributed by atoms with Crippen molar-refractivity contribution in [2.24, 2.45) is 11.7 Å². The second-order valence-electron chi connectivity index (χ2n) is 6.48. The molecule has 4 heteroatoms. The minimum atomic E-state index is 0.144. The van der Waals surface area contributed by atoms with Gasteiger partial charge in [0, 0.05) is 25.2 Å². The van der Waals surface area contributed by atoms with Gasteiger partial charge in [-0.25, -0.2) is 0 Å². The summed E-state index contributed by atoms with van der Waals surface area (Å²) in [6.07, 6.45) is 3.70. The molecule has 1 unspecified atom stereocenters. The Morgan fingerprint density at radius 3 is 2.33 bits per heavy atom. The molecule has 0 bridgehead atoms. The fraction of sp³-hybridized carbons (Fsp3) is 0.647. The normalized spacial score (nSPS) is 21.5. The highest BCUT2D eigenvalue weighted by atomic mass is 16.5. The number of fused-ring (bicyclic) bond motifs is 1. The molecule has 21 heavy (non-hydrogen) atoms. The number of nitrogens with two attached hydrogens (primary N) is 1. The van der Waals surface area contributed by atoms with E-state index in [-0.39, 0.29) is 5.54 Å². The van der Waals surface area contributed by atoms with Gasteiger partial charge in [0.2, 0.25) is 0 Å². The molecule has 0 spiro atoms. The van der Waals surface area contributed by atoms with E-state index in [1.807, 2.05) is 0 Å². The Morgan fingerprint density at radius 1 is 1.19 bits per heavy atom. The fourth-order valence-corrected chi connectivity index (χ4v) is 3.58. The Morgan fingerprint density at radius 2 is 1.81 bits per heavy atom. The average molecular weight is 290 g/mol. The largest absolute Gasteiger partial charge is 0.493 e. The molecule has 0 radical (unpaired) electrons. The molecule has 4 nitrogen and oxygen atoms in total. The molecule has 3 rings (SSSR count). The van der Waals surface area contributed by atoms with Crippen molar-refractivity contribution >= 4 is 0 Å². The van der Waals surface area contributed by atoms with Gasteiger partial charge in [-0.2, -0.15) is 0 Å². The quantitative estimate of drug-likeness (QED) is 0.903. The van der Waals surface area contributed by atoms with Crippen LogP contribution in [0.15, 0.2) is 12.1 Å². The van der Waals surface area contributed by atoms with Crippen LogP contribution in [0.1, 0.15) is 30.9 Å². The molecular weight excluding hydrogens is 264 g/mol. The van der Waals surface area contributed by atoms with Crippen LogP contribution in [0.5, 0.6) is 11.5 Å². The van der Waals surface area contributed by atoms with Crippen molar-refractivity contribution in [1.82, 2.24) is 4.90 Å². The molecule has 1 aliphatic heterocycles. The van der Waals surface area contributed by atoms with Gasteiger partial charge in [0.1, 0.15) is 0 Å². The van der Waals surface area contributed by atoms with Crippen LogP contribution >= 0.6 is 0 Å². The van der Waals surface area contributed by atoms with E-state index in [0.717, 1.165) is 43.5 Å². The van der Waals surface area contributed by atoms with Gasteiger partial charge < -0.3 is 15.2 Å². The summed E-state index contributed by atoms with van der Waals surface area (Å²) in [5.41, 5.74) is 8.98. The number of hydrogen-bond acceptors (Lipinski definition) is 4. The highest BCUT2D eigenvalue weighted by Crippen LogP contribution is 2.44. The standard InChI is InChI=1S/C17H26N2O2/c1-17(11-18,14-4-5-14)19-7-6-12-8-15(20-2)16(21-3)9-13(12)10-19/h8-9,14H,4-7,10-11,18H2,1-3H3. The van der Waals surface area contributed by atoms with E-state index in [4.69, 9.17) is 15.2 Å². The molecule has 2 aliphatic rings. The fourth-order valence-electron chi connectivity index (χ4n) is 3.58. The molecule has 1 atom stereocenters. The molecular formula is C17H26N2O2. The van der Waals surface area contributed by atoms with Crippen molar-refractivity contribution in [2.75, 3.05) is 27.3 Å². The maximum atomic E-state index is 6.11. The zero-order chi connectivity index (χ0) is 15.0. The SMILES string of the molecule is COc1cc2c(cc1OC)CN(C(C)(CN)C1CC1)CC2. The van der Waals surface area contributed by atoms with Gasteiger partial charge in [-0.05, 0) is 55.4 Å². The topological polar surface area (TPSA) is 47.7 Å². The van der Waals surface area contributed by atoms with Crippen molar-refractivity contribution in [2.45, 2.75) is 38.3 Å². The summed E-state index contributed by atoms with van der Waals surface area (Å²) in [5, 5.41) is 0. The van der Waals surface area contributed by atoms with Crippen LogP contribution in [-0.2, 0) is 13.0 Å². The minimum Gasteiger partial charge on any atom is -0.493 e. The molecule has 1 saturated carbocycles. The predicted molar refractivity (Wildman–Crippen MR) is 83.8 cm³/mol. The molecule has 0 saturated heterocycles. The van der Waals surface area contributed by atoms with E-state index >= 15 is 0 Å². The zero-order valence-corrected chi connectivity index (χ0v) is 13.3. The number of ether oxygens (including phenoxy) is 2. The maximum Gasteiger partial charge on any atom is 0.161 e. The van der Waals surface area contributed by atoms with Gasteiger partial charge in [-0.1, -0.05) is 0 Å². The summed E-state index contributed by atoms with van der Waals surface area (Å²) in [4.78, 5) is 2.57. The lowest BCUT2D eigenvalue weighted by Crippen LogP contribution is -2.54.